The predicted molar refractivity (Wildman–Crippen MR) is 118 cm³/mol. The number of aromatic carboxylic acids is 1. The first-order chi connectivity index (χ1) is 14.5. The van der Waals surface area contributed by atoms with Crippen LogP contribution >= 0.6 is 23.5 Å². The maximum Gasteiger partial charge on any atom is 0.343 e. The summed E-state index contributed by atoms with van der Waals surface area (Å²) in [6.07, 6.45) is 0. The summed E-state index contributed by atoms with van der Waals surface area (Å²) in [5.74, 6) is 2.17. The number of carbonyl (C=O) groups is 1. The number of rotatable bonds is 8. The predicted octanol–water partition coefficient (Wildman–Crippen LogP) is 4.65. The zero-order valence-electron chi connectivity index (χ0n) is 17.4. The molecule has 1 heterocycles. The van der Waals surface area contributed by atoms with E-state index >= 15 is 0 Å². The molecule has 2 aromatic rings. The average molecular weight is 453 g/mol. The minimum absolute atomic E-state index is 0.0259. The third-order valence-corrected chi connectivity index (χ3v) is 8.10. The van der Waals surface area contributed by atoms with Gasteiger partial charge in [-0.3, -0.25) is 0 Å². The van der Waals surface area contributed by atoms with Crippen LogP contribution in [-0.2, 0) is 0 Å². The lowest BCUT2D eigenvalue weighted by Gasteiger charge is -2.18. The van der Waals surface area contributed by atoms with Crippen LogP contribution in [0.25, 0.3) is 0 Å². The quantitative estimate of drug-likeness (QED) is 0.615. The Bertz CT molecular complexity index is 882. The molecule has 0 aliphatic carbocycles. The number of ether oxygens (including phenoxy) is 5. The summed E-state index contributed by atoms with van der Waals surface area (Å²) in [4.78, 5) is 11.6. The highest BCUT2D eigenvalue weighted by atomic mass is 32.2. The van der Waals surface area contributed by atoms with Crippen LogP contribution in [0.3, 0.4) is 0 Å². The van der Waals surface area contributed by atoms with Crippen LogP contribution in [0, 0.1) is 0 Å². The Morgan fingerprint density at radius 2 is 1.33 bits per heavy atom. The Morgan fingerprint density at radius 3 is 1.77 bits per heavy atom. The molecule has 0 amide bonds. The number of thioether (sulfide) groups is 2. The Hall–Kier alpha value is -2.39. The highest BCUT2D eigenvalue weighted by Gasteiger charge is 2.32. The van der Waals surface area contributed by atoms with Gasteiger partial charge in [-0.25, -0.2) is 4.79 Å². The molecule has 1 fully saturated rings. The van der Waals surface area contributed by atoms with Crippen molar-refractivity contribution in [1.29, 1.82) is 0 Å². The SMILES string of the molecule is COc1cc([C@H]2CS[C@H](c3cc(OC)c(C(=O)O)c(OC)c3)S2)cc(OC)c1OC. The fraction of sp³-hybridized carbons (Fsp3) is 0.381. The molecule has 0 bridgehead atoms. The van der Waals surface area contributed by atoms with Crippen molar-refractivity contribution in [2.75, 3.05) is 41.3 Å². The summed E-state index contributed by atoms with van der Waals surface area (Å²) in [6, 6.07) is 7.48. The molecule has 1 aliphatic rings. The molecule has 0 spiro atoms. The molecule has 1 saturated heterocycles. The van der Waals surface area contributed by atoms with Gasteiger partial charge in [0.25, 0.3) is 0 Å². The summed E-state index contributed by atoms with van der Waals surface area (Å²) in [5, 5.41) is 9.69. The number of carboxylic acid groups (broad SMARTS) is 1. The smallest absolute Gasteiger partial charge is 0.343 e. The lowest BCUT2D eigenvalue weighted by atomic mass is 10.1. The molecule has 2 aromatic carbocycles. The molecule has 9 heteroatoms. The number of methoxy groups -OCH3 is 5. The second-order valence-corrected chi connectivity index (χ2v) is 9.10. The first-order valence-electron chi connectivity index (χ1n) is 9.03. The van der Waals surface area contributed by atoms with Crippen molar-refractivity contribution in [2.45, 2.75) is 9.83 Å². The van der Waals surface area contributed by atoms with Gasteiger partial charge in [-0.1, -0.05) is 0 Å². The van der Waals surface area contributed by atoms with Crippen molar-refractivity contribution >= 4 is 29.5 Å². The molecule has 0 aromatic heterocycles. The van der Waals surface area contributed by atoms with Gasteiger partial charge < -0.3 is 28.8 Å². The number of hydrogen-bond donors (Lipinski definition) is 1. The highest BCUT2D eigenvalue weighted by Crippen LogP contribution is 2.58. The van der Waals surface area contributed by atoms with Crippen molar-refractivity contribution < 1.29 is 33.6 Å². The normalized spacial score (nSPS) is 18.0. The summed E-state index contributed by atoms with van der Waals surface area (Å²) in [5.41, 5.74) is 2.04. The largest absolute Gasteiger partial charge is 0.496 e. The van der Waals surface area contributed by atoms with Gasteiger partial charge in [0.15, 0.2) is 11.5 Å². The van der Waals surface area contributed by atoms with E-state index in [1.54, 1.807) is 57.0 Å². The first kappa shape index (κ1) is 22.3. The van der Waals surface area contributed by atoms with E-state index in [0.717, 1.165) is 16.9 Å². The van der Waals surface area contributed by atoms with Gasteiger partial charge >= 0.3 is 5.97 Å². The van der Waals surface area contributed by atoms with Gasteiger partial charge in [0.2, 0.25) is 5.75 Å². The van der Waals surface area contributed by atoms with Gasteiger partial charge in [-0.15, -0.1) is 23.5 Å². The zero-order chi connectivity index (χ0) is 21.8. The average Bonchev–Trinajstić information content (AvgIpc) is 3.27. The van der Waals surface area contributed by atoms with E-state index in [4.69, 9.17) is 23.7 Å². The minimum atomic E-state index is -1.09. The van der Waals surface area contributed by atoms with Crippen LogP contribution in [0.1, 0.15) is 31.3 Å². The van der Waals surface area contributed by atoms with Gasteiger partial charge in [0.05, 0.1) is 40.1 Å². The summed E-state index contributed by atoms with van der Waals surface area (Å²) >= 11 is 3.55. The van der Waals surface area contributed by atoms with Crippen LogP contribution in [0.4, 0.5) is 0 Å². The molecule has 30 heavy (non-hydrogen) atoms. The molecule has 1 N–H and O–H groups in total. The third-order valence-electron chi connectivity index (χ3n) is 4.76. The van der Waals surface area contributed by atoms with Crippen LogP contribution in [0.2, 0.25) is 0 Å². The van der Waals surface area contributed by atoms with E-state index < -0.39 is 5.97 Å². The molecule has 0 unspecified atom stereocenters. The number of carboxylic acids is 1. The molecule has 162 valence electrons. The van der Waals surface area contributed by atoms with E-state index in [2.05, 4.69) is 0 Å². The van der Waals surface area contributed by atoms with E-state index in [-0.39, 0.29) is 26.9 Å². The van der Waals surface area contributed by atoms with Crippen LogP contribution in [0.15, 0.2) is 24.3 Å². The second-order valence-electron chi connectivity index (χ2n) is 6.35. The van der Waals surface area contributed by atoms with Crippen molar-refractivity contribution in [3.8, 4) is 28.7 Å². The lowest BCUT2D eigenvalue weighted by Crippen LogP contribution is -2.05. The molecular weight excluding hydrogens is 428 g/mol. The van der Waals surface area contributed by atoms with Crippen LogP contribution < -0.4 is 23.7 Å². The summed E-state index contributed by atoms with van der Waals surface area (Å²) in [7, 11) is 7.70. The van der Waals surface area contributed by atoms with Gasteiger partial charge in [0, 0.05) is 11.0 Å². The van der Waals surface area contributed by atoms with Gasteiger partial charge in [0.1, 0.15) is 17.1 Å². The van der Waals surface area contributed by atoms with Crippen molar-refractivity contribution in [3.63, 3.8) is 0 Å². The lowest BCUT2D eigenvalue weighted by molar-refractivity contribution is 0.0689. The minimum Gasteiger partial charge on any atom is -0.496 e. The molecule has 7 nitrogen and oxygen atoms in total. The van der Waals surface area contributed by atoms with E-state index in [0.29, 0.717) is 17.2 Å². The molecule has 0 radical (unpaired) electrons. The Morgan fingerprint density at radius 1 is 0.833 bits per heavy atom. The molecule has 2 atom stereocenters. The Balaban J connectivity index is 1.91. The standard InChI is InChI=1S/C21H24O7S2/c1-24-13-8-12(9-14(25-2)18(13)20(22)23)21-29-10-17(30-21)11-6-15(26-3)19(28-5)16(7-11)27-4/h6-9,17,21H,10H2,1-5H3,(H,22,23)/t17-,21+/m1/s1. The van der Waals surface area contributed by atoms with Crippen LogP contribution in [-0.4, -0.2) is 52.4 Å². The molecule has 1 aliphatic heterocycles. The van der Waals surface area contributed by atoms with Crippen molar-refractivity contribution in [1.82, 2.24) is 0 Å². The maximum absolute atomic E-state index is 11.6. The topological polar surface area (TPSA) is 83.5 Å². The van der Waals surface area contributed by atoms with E-state index in [1.807, 2.05) is 12.1 Å². The summed E-state index contributed by atoms with van der Waals surface area (Å²) < 4.78 is 27.1. The zero-order valence-corrected chi connectivity index (χ0v) is 19.0. The second kappa shape index (κ2) is 9.61. The Kier molecular flexibility index (Phi) is 7.14. The van der Waals surface area contributed by atoms with Gasteiger partial charge in [-0.2, -0.15) is 0 Å². The van der Waals surface area contributed by atoms with E-state index in [1.165, 1.54) is 14.2 Å². The first-order valence-corrected chi connectivity index (χ1v) is 11.0. The molecule has 3 rings (SSSR count). The van der Waals surface area contributed by atoms with Crippen molar-refractivity contribution in [3.05, 3.63) is 41.0 Å². The summed E-state index contributed by atoms with van der Waals surface area (Å²) in [6.45, 7) is 0. The number of benzene rings is 2. The monoisotopic (exact) mass is 452 g/mol. The molecule has 0 saturated carbocycles. The maximum atomic E-state index is 11.6. The third kappa shape index (κ3) is 4.22. The van der Waals surface area contributed by atoms with E-state index in [9.17, 15) is 9.90 Å². The van der Waals surface area contributed by atoms with Crippen LogP contribution in [0.5, 0.6) is 28.7 Å². The number of hydrogen-bond acceptors (Lipinski definition) is 8. The van der Waals surface area contributed by atoms with Gasteiger partial charge in [-0.05, 0) is 35.4 Å². The highest BCUT2D eigenvalue weighted by molar-refractivity contribution is 8.19. The fourth-order valence-corrected chi connectivity index (χ4v) is 6.58. The van der Waals surface area contributed by atoms with Crippen molar-refractivity contribution in [2.24, 2.45) is 0 Å². The fourth-order valence-electron chi connectivity index (χ4n) is 3.32. The Labute approximate surface area is 184 Å². The molecular formula is C21H24O7S2.